The van der Waals surface area contributed by atoms with Crippen molar-refractivity contribution in [1.29, 1.82) is 0 Å². The summed E-state index contributed by atoms with van der Waals surface area (Å²) in [6, 6.07) is 7.68. The normalized spacial score (nSPS) is 16.7. The second kappa shape index (κ2) is 7.07. The number of aromatic nitrogens is 1. The van der Waals surface area contributed by atoms with Crippen LogP contribution < -0.4 is 0 Å². The van der Waals surface area contributed by atoms with Crippen molar-refractivity contribution in [2.75, 3.05) is 13.1 Å². The number of esters is 1. The van der Waals surface area contributed by atoms with Gasteiger partial charge in [0.1, 0.15) is 0 Å². The monoisotopic (exact) mass is 328 g/mol. The summed E-state index contributed by atoms with van der Waals surface area (Å²) in [6.45, 7) is 3.18. The van der Waals surface area contributed by atoms with E-state index in [1.165, 1.54) is 0 Å². The standard InChI is InChI=1S/C19H24N2O3/c1-14(18(22)21-11-7-3-4-8-12-21)24-19(23)16-13-20(2)17-10-6-5-9-15(16)17/h5-6,9-10,13-14H,3-4,7-8,11-12H2,1-2H3/t14-/m0/s1. The van der Waals surface area contributed by atoms with Crippen molar-refractivity contribution in [2.45, 2.75) is 38.7 Å². The molecule has 0 aliphatic carbocycles. The molecule has 2 aromatic rings. The number of benzene rings is 1. The van der Waals surface area contributed by atoms with Crippen molar-refractivity contribution in [3.05, 3.63) is 36.0 Å². The van der Waals surface area contributed by atoms with Gasteiger partial charge in [0.05, 0.1) is 5.56 Å². The predicted octanol–water partition coefficient (Wildman–Crippen LogP) is 3.13. The van der Waals surface area contributed by atoms with Gasteiger partial charge in [0.25, 0.3) is 5.91 Å². The fourth-order valence-electron chi connectivity index (χ4n) is 3.33. The van der Waals surface area contributed by atoms with Gasteiger partial charge < -0.3 is 14.2 Å². The van der Waals surface area contributed by atoms with Gasteiger partial charge in [0.2, 0.25) is 0 Å². The SMILES string of the molecule is C[C@H](OC(=O)c1cn(C)c2ccccc12)C(=O)N1CCCCCC1. The second-order valence-electron chi connectivity index (χ2n) is 6.46. The number of ether oxygens (including phenoxy) is 1. The molecule has 1 aromatic heterocycles. The minimum Gasteiger partial charge on any atom is -0.449 e. The number of likely N-dealkylation sites (tertiary alicyclic amines) is 1. The van der Waals surface area contributed by atoms with E-state index in [4.69, 9.17) is 4.74 Å². The predicted molar refractivity (Wildman–Crippen MR) is 92.8 cm³/mol. The largest absolute Gasteiger partial charge is 0.449 e. The van der Waals surface area contributed by atoms with Crippen molar-refractivity contribution < 1.29 is 14.3 Å². The van der Waals surface area contributed by atoms with Crippen LogP contribution in [0.25, 0.3) is 10.9 Å². The molecule has 0 bridgehead atoms. The van der Waals surface area contributed by atoms with Gasteiger partial charge in [-0.05, 0) is 25.8 Å². The molecule has 0 spiro atoms. The first-order valence-corrected chi connectivity index (χ1v) is 8.62. The van der Waals surface area contributed by atoms with Crippen LogP contribution in [0.4, 0.5) is 0 Å². The van der Waals surface area contributed by atoms with E-state index in [0.29, 0.717) is 5.56 Å². The topological polar surface area (TPSA) is 51.5 Å². The Kier molecular flexibility index (Phi) is 4.88. The Morgan fingerprint density at radius 1 is 1.08 bits per heavy atom. The summed E-state index contributed by atoms with van der Waals surface area (Å²) in [5.74, 6) is -0.534. The van der Waals surface area contributed by atoms with Crippen molar-refractivity contribution in [1.82, 2.24) is 9.47 Å². The lowest BCUT2D eigenvalue weighted by Gasteiger charge is -2.23. The van der Waals surface area contributed by atoms with Crippen LogP contribution in [0.5, 0.6) is 0 Å². The molecule has 1 amide bonds. The lowest BCUT2D eigenvalue weighted by molar-refractivity contribution is -0.139. The molecule has 0 unspecified atom stereocenters. The number of aryl methyl sites for hydroxylation is 1. The van der Waals surface area contributed by atoms with Gasteiger partial charge >= 0.3 is 5.97 Å². The van der Waals surface area contributed by atoms with Crippen LogP contribution in [0.2, 0.25) is 0 Å². The number of nitrogens with zero attached hydrogens (tertiary/aromatic N) is 2. The number of carbonyl (C=O) groups excluding carboxylic acids is 2. The van der Waals surface area contributed by atoms with Gasteiger partial charge in [0, 0.05) is 37.2 Å². The summed E-state index contributed by atoms with van der Waals surface area (Å²) in [5.41, 5.74) is 1.47. The zero-order chi connectivity index (χ0) is 17.1. The number of hydrogen-bond donors (Lipinski definition) is 0. The van der Waals surface area contributed by atoms with Crippen LogP contribution in [-0.4, -0.2) is 40.5 Å². The van der Waals surface area contributed by atoms with Gasteiger partial charge in [0.15, 0.2) is 6.10 Å². The molecule has 128 valence electrons. The van der Waals surface area contributed by atoms with E-state index in [1.807, 2.05) is 40.8 Å². The maximum absolute atomic E-state index is 12.5. The Hall–Kier alpha value is -2.30. The van der Waals surface area contributed by atoms with Crippen molar-refractivity contribution in [3.8, 4) is 0 Å². The molecule has 1 saturated heterocycles. The lowest BCUT2D eigenvalue weighted by atomic mass is 10.2. The number of amides is 1. The van der Waals surface area contributed by atoms with Crippen molar-refractivity contribution in [3.63, 3.8) is 0 Å². The van der Waals surface area contributed by atoms with Crippen LogP contribution in [0, 0.1) is 0 Å². The van der Waals surface area contributed by atoms with Crippen molar-refractivity contribution in [2.24, 2.45) is 7.05 Å². The molecule has 0 saturated carbocycles. The van der Waals surface area contributed by atoms with Gasteiger partial charge in [-0.3, -0.25) is 4.79 Å². The van der Waals surface area contributed by atoms with Crippen LogP contribution >= 0.6 is 0 Å². The number of para-hydroxylation sites is 1. The molecule has 1 fully saturated rings. The third-order valence-corrected chi connectivity index (χ3v) is 4.67. The Balaban J connectivity index is 1.72. The maximum atomic E-state index is 12.5. The van der Waals surface area contributed by atoms with E-state index in [2.05, 4.69) is 0 Å². The van der Waals surface area contributed by atoms with Gasteiger partial charge in [-0.25, -0.2) is 4.79 Å². The number of carbonyl (C=O) groups is 2. The minimum atomic E-state index is -0.755. The molecule has 5 nitrogen and oxygen atoms in total. The third kappa shape index (κ3) is 3.30. The Morgan fingerprint density at radius 3 is 2.46 bits per heavy atom. The van der Waals surface area contributed by atoms with E-state index in [1.54, 1.807) is 13.1 Å². The van der Waals surface area contributed by atoms with Gasteiger partial charge in [-0.2, -0.15) is 0 Å². The highest BCUT2D eigenvalue weighted by Crippen LogP contribution is 2.22. The Morgan fingerprint density at radius 2 is 1.75 bits per heavy atom. The second-order valence-corrected chi connectivity index (χ2v) is 6.46. The number of hydrogen-bond acceptors (Lipinski definition) is 3. The summed E-state index contributed by atoms with van der Waals surface area (Å²) in [7, 11) is 1.89. The molecule has 24 heavy (non-hydrogen) atoms. The Labute approximate surface area is 142 Å². The fraction of sp³-hybridized carbons (Fsp3) is 0.474. The highest BCUT2D eigenvalue weighted by Gasteiger charge is 2.26. The smallest absolute Gasteiger partial charge is 0.341 e. The van der Waals surface area contributed by atoms with Gasteiger partial charge in [-0.1, -0.05) is 31.0 Å². The first-order chi connectivity index (χ1) is 11.6. The van der Waals surface area contributed by atoms with Crippen LogP contribution in [-0.2, 0) is 16.6 Å². The molecule has 3 rings (SSSR count). The molecule has 0 N–H and O–H groups in total. The maximum Gasteiger partial charge on any atom is 0.341 e. The summed E-state index contributed by atoms with van der Waals surface area (Å²) in [4.78, 5) is 26.9. The minimum absolute atomic E-state index is 0.0921. The van der Waals surface area contributed by atoms with Crippen LogP contribution in [0.3, 0.4) is 0 Å². The summed E-state index contributed by atoms with van der Waals surface area (Å²) >= 11 is 0. The first kappa shape index (κ1) is 16.6. The van der Waals surface area contributed by atoms with Gasteiger partial charge in [-0.15, -0.1) is 0 Å². The molecular formula is C19H24N2O3. The average Bonchev–Trinajstić information content (AvgIpc) is 2.77. The molecule has 1 aliphatic rings. The summed E-state index contributed by atoms with van der Waals surface area (Å²) < 4.78 is 7.37. The van der Waals surface area contributed by atoms with E-state index < -0.39 is 12.1 Å². The van der Waals surface area contributed by atoms with E-state index in [-0.39, 0.29) is 5.91 Å². The zero-order valence-corrected chi connectivity index (χ0v) is 14.3. The highest BCUT2D eigenvalue weighted by atomic mass is 16.5. The molecule has 1 aliphatic heterocycles. The van der Waals surface area contributed by atoms with Crippen LogP contribution in [0.1, 0.15) is 43.0 Å². The molecule has 2 heterocycles. The molecule has 1 aromatic carbocycles. The van der Waals surface area contributed by atoms with Crippen molar-refractivity contribution >= 4 is 22.8 Å². The van der Waals surface area contributed by atoms with E-state index in [9.17, 15) is 9.59 Å². The molecule has 0 radical (unpaired) electrons. The zero-order valence-electron chi connectivity index (χ0n) is 14.3. The number of rotatable bonds is 3. The summed E-state index contributed by atoms with van der Waals surface area (Å²) in [5, 5.41) is 0.847. The van der Waals surface area contributed by atoms with Crippen LogP contribution in [0.15, 0.2) is 30.5 Å². The Bertz CT molecular complexity index is 742. The fourth-order valence-corrected chi connectivity index (χ4v) is 3.33. The third-order valence-electron chi connectivity index (χ3n) is 4.67. The number of fused-ring (bicyclic) bond motifs is 1. The molecular weight excluding hydrogens is 304 g/mol. The summed E-state index contributed by atoms with van der Waals surface area (Å²) in [6.07, 6.45) is 5.37. The average molecular weight is 328 g/mol. The highest BCUT2D eigenvalue weighted by molar-refractivity contribution is 6.05. The molecule has 5 heteroatoms. The molecule has 1 atom stereocenters. The first-order valence-electron chi connectivity index (χ1n) is 8.62. The lowest BCUT2D eigenvalue weighted by Crippen LogP contribution is -2.40. The quantitative estimate of drug-likeness (QED) is 0.814. The van der Waals surface area contributed by atoms with E-state index >= 15 is 0 Å². The van der Waals surface area contributed by atoms with E-state index in [0.717, 1.165) is 49.7 Å².